The highest BCUT2D eigenvalue weighted by atomic mass is 16.2. The van der Waals surface area contributed by atoms with Gasteiger partial charge in [-0.25, -0.2) is 9.97 Å². The molecule has 6 nitrogen and oxygen atoms in total. The average molecular weight is 347 g/mol. The van der Waals surface area contributed by atoms with E-state index in [0.29, 0.717) is 24.5 Å². The van der Waals surface area contributed by atoms with E-state index in [0.717, 1.165) is 24.0 Å². The normalized spacial score (nSPS) is 10.5. The molecule has 0 radical (unpaired) electrons. The average Bonchev–Trinajstić information content (AvgIpc) is 2.72. The maximum absolute atomic E-state index is 12.9. The summed E-state index contributed by atoms with van der Waals surface area (Å²) in [7, 11) is 0. The minimum Gasteiger partial charge on any atom is -0.334 e. The van der Waals surface area contributed by atoms with E-state index in [9.17, 15) is 4.79 Å². The zero-order chi connectivity index (χ0) is 18.2. The van der Waals surface area contributed by atoms with Crippen LogP contribution in [0, 0.1) is 0 Å². The van der Waals surface area contributed by atoms with Gasteiger partial charge in [0.15, 0.2) is 5.82 Å². The number of pyridine rings is 2. The van der Waals surface area contributed by atoms with Crippen molar-refractivity contribution < 1.29 is 4.79 Å². The molecule has 0 spiro atoms. The van der Waals surface area contributed by atoms with E-state index in [1.807, 2.05) is 29.2 Å². The third kappa shape index (κ3) is 4.47. The molecule has 0 saturated heterocycles. The van der Waals surface area contributed by atoms with Gasteiger partial charge in [0.05, 0.1) is 5.56 Å². The fourth-order valence-electron chi connectivity index (χ4n) is 2.58. The van der Waals surface area contributed by atoms with Crippen molar-refractivity contribution >= 4 is 5.91 Å². The Hall–Kier alpha value is -3.15. The number of hydrogen-bond acceptors (Lipinski definition) is 5. The van der Waals surface area contributed by atoms with E-state index in [-0.39, 0.29) is 5.91 Å². The minimum atomic E-state index is -0.0620. The Morgan fingerprint density at radius 2 is 1.77 bits per heavy atom. The minimum absolute atomic E-state index is 0.0620. The maximum Gasteiger partial charge on any atom is 0.257 e. The van der Waals surface area contributed by atoms with Crippen LogP contribution in [0.25, 0.3) is 11.4 Å². The van der Waals surface area contributed by atoms with Crippen molar-refractivity contribution in [2.45, 2.75) is 26.3 Å². The van der Waals surface area contributed by atoms with Crippen LogP contribution in [0.2, 0.25) is 0 Å². The quantitative estimate of drug-likeness (QED) is 0.655. The van der Waals surface area contributed by atoms with Crippen molar-refractivity contribution in [2.75, 3.05) is 6.54 Å². The van der Waals surface area contributed by atoms with Gasteiger partial charge in [-0.05, 0) is 36.2 Å². The van der Waals surface area contributed by atoms with Gasteiger partial charge in [-0.1, -0.05) is 13.3 Å². The van der Waals surface area contributed by atoms with Crippen molar-refractivity contribution in [1.82, 2.24) is 24.8 Å². The Morgan fingerprint density at radius 3 is 2.42 bits per heavy atom. The predicted octanol–water partition coefficient (Wildman–Crippen LogP) is 3.38. The molecule has 3 aromatic rings. The molecule has 26 heavy (non-hydrogen) atoms. The highest BCUT2D eigenvalue weighted by molar-refractivity contribution is 5.93. The summed E-state index contributed by atoms with van der Waals surface area (Å²) in [5.74, 6) is 0.497. The van der Waals surface area contributed by atoms with E-state index in [4.69, 9.17) is 0 Å². The molecule has 0 N–H and O–H groups in total. The second kappa shape index (κ2) is 8.80. The smallest absolute Gasteiger partial charge is 0.257 e. The number of rotatable bonds is 7. The molecule has 0 aliphatic rings. The summed E-state index contributed by atoms with van der Waals surface area (Å²) in [5.41, 5.74) is 2.37. The fourth-order valence-corrected chi connectivity index (χ4v) is 2.58. The summed E-state index contributed by atoms with van der Waals surface area (Å²) in [6, 6.07) is 7.57. The van der Waals surface area contributed by atoms with Gasteiger partial charge in [0.2, 0.25) is 0 Å². The summed E-state index contributed by atoms with van der Waals surface area (Å²) in [5, 5.41) is 0. The molecule has 0 atom stereocenters. The molecule has 0 unspecified atom stereocenters. The Bertz CT molecular complexity index is 822. The summed E-state index contributed by atoms with van der Waals surface area (Å²) in [6.07, 6.45) is 12.0. The lowest BCUT2D eigenvalue weighted by atomic mass is 10.2. The van der Waals surface area contributed by atoms with Gasteiger partial charge in [-0.15, -0.1) is 0 Å². The molecule has 0 fully saturated rings. The molecule has 1 amide bonds. The van der Waals surface area contributed by atoms with Crippen LogP contribution in [0.1, 0.15) is 35.7 Å². The van der Waals surface area contributed by atoms with Crippen LogP contribution in [-0.4, -0.2) is 37.3 Å². The van der Waals surface area contributed by atoms with Crippen LogP contribution >= 0.6 is 0 Å². The molecular formula is C20H21N5O. The molecule has 132 valence electrons. The number of nitrogens with zero attached hydrogens (tertiary/aromatic N) is 5. The SMILES string of the molecule is CCCCN(Cc1ccncc1)C(=O)c1cnc(-c2cccnc2)nc1. The monoisotopic (exact) mass is 347 g/mol. The Morgan fingerprint density at radius 1 is 1.00 bits per heavy atom. The lowest BCUT2D eigenvalue weighted by molar-refractivity contribution is 0.0740. The first-order valence-electron chi connectivity index (χ1n) is 8.68. The number of carbonyl (C=O) groups is 1. The second-order valence-electron chi connectivity index (χ2n) is 5.97. The third-order valence-corrected chi connectivity index (χ3v) is 4.01. The van der Waals surface area contributed by atoms with E-state index in [1.54, 1.807) is 37.2 Å². The molecular weight excluding hydrogens is 326 g/mol. The molecule has 3 rings (SSSR count). The van der Waals surface area contributed by atoms with Gasteiger partial charge >= 0.3 is 0 Å². The van der Waals surface area contributed by atoms with Gasteiger partial charge in [-0.3, -0.25) is 14.8 Å². The summed E-state index contributed by atoms with van der Waals surface area (Å²) in [4.78, 5) is 31.5. The Kier molecular flexibility index (Phi) is 5.98. The topological polar surface area (TPSA) is 71.9 Å². The summed E-state index contributed by atoms with van der Waals surface area (Å²) in [6.45, 7) is 3.36. The third-order valence-electron chi connectivity index (χ3n) is 4.01. The van der Waals surface area contributed by atoms with Crippen LogP contribution in [0.15, 0.2) is 61.4 Å². The van der Waals surface area contributed by atoms with Crippen LogP contribution in [-0.2, 0) is 6.54 Å². The predicted molar refractivity (Wildman–Crippen MR) is 99.1 cm³/mol. The first-order valence-corrected chi connectivity index (χ1v) is 8.68. The molecule has 0 bridgehead atoms. The lowest BCUT2D eigenvalue weighted by Gasteiger charge is -2.22. The number of aromatic nitrogens is 4. The van der Waals surface area contributed by atoms with Gasteiger partial charge in [0.25, 0.3) is 5.91 Å². The molecule has 6 heteroatoms. The van der Waals surface area contributed by atoms with Crippen LogP contribution < -0.4 is 0 Å². The number of unbranched alkanes of at least 4 members (excludes halogenated alkanes) is 1. The molecule has 0 aliphatic carbocycles. The summed E-state index contributed by atoms with van der Waals surface area (Å²) < 4.78 is 0. The van der Waals surface area contributed by atoms with Gasteiger partial charge < -0.3 is 4.90 Å². The zero-order valence-corrected chi connectivity index (χ0v) is 14.7. The van der Waals surface area contributed by atoms with Crippen molar-refractivity contribution in [3.63, 3.8) is 0 Å². The Balaban J connectivity index is 1.77. The van der Waals surface area contributed by atoms with Crippen LogP contribution in [0.4, 0.5) is 0 Å². The molecule has 0 aliphatic heterocycles. The highest BCUT2D eigenvalue weighted by Gasteiger charge is 2.17. The van der Waals surface area contributed by atoms with Crippen LogP contribution in [0.5, 0.6) is 0 Å². The maximum atomic E-state index is 12.9. The number of amides is 1. The molecule has 3 aromatic heterocycles. The largest absolute Gasteiger partial charge is 0.334 e. The fraction of sp³-hybridized carbons (Fsp3) is 0.250. The van der Waals surface area contributed by atoms with Gasteiger partial charge in [0, 0.05) is 55.8 Å². The standard InChI is InChI=1S/C20H21N5O/c1-2-3-11-25(15-16-6-9-21-10-7-16)20(26)18-13-23-19(24-14-18)17-5-4-8-22-12-17/h4-10,12-14H,2-3,11,15H2,1H3. The van der Waals surface area contributed by atoms with Crippen molar-refractivity contribution in [3.05, 3.63) is 72.6 Å². The van der Waals surface area contributed by atoms with Crippen LogP contribution in [0.3, 0.4) is 0 Å². The first-order chi connectivity index (χ1) is 12.8. The second-order valence-corrected chi connectivity index (χ2v) is 5.97. The van der Waals surface area contributed by atoms with Crippen molar-refractivity contribution in [1.29, 1.82) is 0 Å². The van der Waals surface area contributed by atoms with Crippen molar-refractivity contribution in [3.8, 4) is 11.4 Å². The van der Waals surface area contributed by atoms with E-state index in [2.05, 4.69) is 26.9 Å². The molecule has 0 saturated carbocycles. The number of hydrogen-bond donors (Lipinski definition) is 0. The van der Waals surface area contributed by atoms with Crippen molar-refractivity contribution in [2.24, 2.45) is 0 Å². The van der Waals surface area contributed by atoms with E-state index >= 15 is 0 Å². The van der Waals surface area contributed by atoms with E-state index in [1.165, 1.54) is 0 Å². The molecule has 0 aromatic carbocycles. The Labute approximate surface area is 153 Å². The first kappa shape index (κ1) is 17.7. The van der Waals surface area contributed by atoms with Gasteiger partial charge in [0.1, 0.15) is 0 Å². The lowest BCUT2D eigenvalue weighted by Crippen LogP contribution is -2.31. The summed E-state index contributed by atoms with van der Waals surface area (Å²) >= 11 is 0. The zero-order valence-electron chi connectivity index (χ0n) is 14.7. The number of carbonyl (C=O) groups excluding carboxylic acids is 1. The van der Waals surface area contributed by atoms with E-state index < -0.39 is 0 Å². The molecule has 3 heterocycles. The van der Waals surface area contributed by atoms with Gasteiger partial charge in [-0.2, -0.15) is 0 Å². The highest BCUT2D eigenvalue weighted by Crippen LogP contribution is 2.14.